The molecule has 1 unspecified atom stereocenters. The second kappa shape index (κ2) is 9.30. The Kier molecular flexibility index (Phi) is 6.30. The normalized spacial score (nSPS) is 24.9. The molecule has 0 spiro atoms. The molecule has 2 aromatic rings. The lowest BCUT2D eigenvalue weighted by molar-refractivity contribution is -0.152. The van der Waals surface area contributed by atoms with Crippen LogP contribution >= 0.6 is 0 Å². The number of ether oxygens (including phenoxy) is 2. The largest absolute Gasteiger partial charge is 0.417 e. The highest BCUT2D eigenvalue weighted by Crippen LogP contribution is 2.48. The minimum atomic E-state index is -4.70. The lowest BCUT2D eigenvalue weighted by Gasteiger charge is -2.38. The minimum absolute atomic E-state index is 0.0549. The van der Waals surface area contributed by atoms with E-state index in [2.05, 4.69) is 20.0 Å². The highest BCUT2D eigenvalue weighted by atomic mass is 19.4. The second-order valence-corrected chi connectivity index (χ2v) is 9.00. The van der Waals surface area contributed by atoms with E-state index in [1.807, 2.05) is 0 Å². The third-order valence-corrected chi connectivity index (χ3v) is 6.67. The van der Waals surface area contributed by atoms with Crippen LogP contribution in [0.1, 0.15) is 23.2 Å². The summed E-state index contributed by atoms with van der Waals surface area (Å²) in [5, 5.41) is 2.99. The molecule has 2 aromatic heterocycles. The molecule has 0 amide bonds. The van der Waals surface area contributed by atoms with Crippen LogP contribution in [0.5, 0.6) is 5.88 Å². The summed E-state index contributed by atoms with van der Waals surface area (Å²) < 4.78 is 77.3. The number of halogens is 5. The van der Waals surface area contributed by atoms with Crippen LogP contribution < -0.4 is 20.5 Å². The van der Waals surface area contributed by atoms with Gasteiger partial charge >= 0.3 is 12.8 Å². The van der Waals surface area contributed by atoms with Crippen molar-refractivity contribution >= 4 is 17.5 Å². The third kappa shape index (κ3) is 4.99. The van der Waals surface area contributed by atoms with Crippen LogP contribution in [0, 0.1) is 11.8 Å². The van der Waals surface area contributed by atoms with Crippen LogP contribution in [0.25, 0.3) is 0 Å². The molecule has 194 valence electrons. The van der Waals surface area contributed by atoms with Crippen molar-refractivity contribution < 1.29 is 36.2 Å². The maximum atomic E-state index is 13.9. The van der Waals surface area contributed by atoms with Gasteiger partial charge in [0.05, 0.1) is 19.3 Å². The van der Waals surface area contributed by atoms with Gasteiger partial charge in [-0.3, -0.25) is 14.2 Å². The fraction of sp³-hybridized carbons (Fsp3) is 0.545. The number of carbonyl (C=O) groups is 1. The molecule has 14 heteroatoms. The number of anilines is 2. The monoisotopic (exact) mass is 515 g/mol. The van der Waals surface area contributed by atoms with E-state index in [1.165, 1.54) is 6.07 Å². The number of hydrogen-bond acceptors (Lipinski definition) is 8. The number of rotatable bonds is 8. The highest BCUT2D eigenvalue weighted by molar-refractivity contribution is 5.99. The van der Waals surface area contributed by atoms with Crippen LogP contribution in [0.15, 0.2) is 29.2 Å². The predicted molar refractivity (Wildman–Crippen MR) is 115 cm³/mol. The number of nitrogens with zero attached hydrogens (tertiary/aromatic N) is 4. The lowest BCUT2D eigenvalue weighted by Crippen LogP contribution is -2.54. The molecule has 1 aliphatic carbocycles. The zero-order valence-corrected chi connectivity index (χ0v) is 18.8. The molecule has 36 heavy (non-hydrogen) atoms. The Morgan fingerprint density at radius 1 is 1.31 bits per heavy atom. The summed E-state index contributed by atoms with van der Waals surface area (Å²) in [6.07, 6.45) is -3.19. The first-order valence-corrected chi connectivity index (χ1v) is 11.3. The highest BCUT2D eigenvalue weighted by Gasteiger charge is 2.49. The SMILES string of the molecule is O=C(CN1c2nc(NC[C@H]3OC[C@@H]4CC43)cc(=O)n2CC[C@H]1C(F)(F)F)c1ccc(OC(F)F)nc1. The first-order valence-electron chi connectivity index (χ1n) is 11.3. The molecule has 5 rings (SSSR count). The summed E-state index contributed by atoms with van der Waals surface area (Å²) in [7, 11) is 0. The van der Waals surface area contributed by atoms with E-state index in [0.717, 1.165) is 34.2 Å². The van der Waals surface area contributed by atoms with E-state index >= 15 is 0 Å². The molecule has 9 nitrogen and oxygen atoms in total. The third-order valence-electron chi connectivity index (χ3n) is 6.67. The molecule has 4 heterocycles. The van der Waals surface area contributed by atoms with Crippen molar-refractivity contribution in [3.8, 4) is 5.88 Å². The van der Waals surface area contributed by atoms with E-state index in [-0.39, 0.29) is 30.0 Å². The molecule has 1 N–H and O–H groups in total. The number of carbonyl (C=O) groups excluding carboxylic acids is 1. The van der Waals surface area contributed by atoms with Crippen molar-refractivity contribution in [1.82, 2.24) is 14.5 Å². The fourth-order valence-electron chi connectivity index (χ4n) is 4.74. The minimum Gasteiger partial charge on any atom is -0.417 e. The topological polar surface area (TPSA) is 98.6 Å². The summed E-state index contributed by atoms with van der Waals surface area (Å²) in [5.74, 6) is -0.417. The number of ketones is 1. The van der Waals surface area contributed by atoms with Gasteiger partial charge in [0, 0.05) is 37.0 Å². The summed E-state index contributed by atoms with van der Waals surface area (Å²) in [6, 6.07) is 1.31. The Balaban J connectivity index is 1.39. The molecule has 0 aromatic carbocycles. The zero-order chi connectivity index (χ0) is 25.6. The smallest absolute Gasteiger partial charge is 0.408 e. The first kappa shape index (κ1) is 24.4. The van der Waals surface area contributed by atoms with E-state index in [0.29, 0.717) is 25.0 Å². The number of fused-ring (bicyclic) bond motifs is 2. The van der Waals surface area contributed by atoms with Crippen molar-refractivity contribution in [2.24, 2.45) is 11.8 Å². The van der Waals surface area contributed by atoms with Gasteiger partial charge in [-0.25, -0.2) is 4.98 Å². The number of alkyl halides is 5. The van der Waals surface area contributed by atoms with E-state index < -0.39 is 49.0 Å². The number of Topliss-reactive ketones (excluding diaryl/α,β-unsaturated/α-hetero) is 1. The van der Waals surface area contributed by atoms with Gasteiger partial charge in [-0.1, -0.05) is 0 Å². The van der Waals surface area contributed by atoms with Gasteiger partial charge in [0.1, 0.15) is 11.9 Å². The molecule has 0 bridgehead atoms. The van der Waals surface area contributed by atoms with Crippen LogP contribution in [-0.2, 0) is 11.3 Å². The summed E-state index contributed by atoms with van der Waals surface area (Å²) in [4.78, 5) is 34.2. The van der Waals surface area contributed by atoms with Gasteiger partial charge in [-0.2, -0.15) is 26.9 Å². The Hall–Kier alpha value is -3.29. The average Bonchev–Trinajstić information content (AvgIpc) is 3.48. The van der Waals surface area contributed by atoms with E-state index in [9.17, 15) is 31.5 Å². The number of hydrogen-bond donors (Lipinski definition) is 1. The van der Waals surface area contributed by atoms with Gasteiger partial charge in [0.25, 0.3) is 5.56 Å². The zero-order valence-electron chi connectivity index (χ0n) is 18.8. The van der Waals surface area contributed by atoms with Gasteiger partial charge in [-0.15, -0.1) is 0 Å². The Morgan fingerprint density at radius 2 is 2.11 bits per heavy atom. The maximum Gasteiger partial charge on any atom is 0.408 e. The molecule has 1 saturated carbocycles. The molecule has 2 fully saturated rings. The first-order chi connectivity index (χ1) is 17.1. The van der Waals surface area contributed by atoms with Crippen molar-refractivity contribution in [2.45, 2.75) is 44.3 Å². The van der Waals surface area contributed by atoms with Crippen LogP contribution in [0.3, 0.4) is 0 Å². The van der Waals surface area contributed by atoms with Crippen LogP contribution in [0.4, 0.5) is 33.7 Å². The van der Waals surface area contributed by atoms with Crippen molar-refractivity contribution in [3.63, 3.8) is 0 Å². The van der Waals surface area contributed by atoms with Gasteiger partial charge < -0.3 is 19.7 Å². The van der Waals surface area contributed by atoms with Crippen LogP contribution in [-0.4, -0.2) is 64.9 Å². The molecular formula is C22H22F5N5O4. The molecule has 4 atom stereocenters. The molecular weight excluding hydrogens is 493 g/mol. The molecule has 2 aliphatic heterocycles. The summed E-state index contributed by atoms with van der Waals surface area (Å²) >= 11 is 0. The lowest BCUT2D eigenvalue weighted by atomic mass is 10.1. The molecule has 0 radical (unpaired) electrons. The Bertz CT molecular complexity index is 1190. The van der Waals surface area contributed by atoms with Gasteiger partial charge in [0.2, 0.25) is 11.8 Å². The molecule has 1 saturated heterocycles. The quantitative estimate of drug-likeness (QED) is 0.424. The van der Waals surface area contributed by atoms with Gasteiger partial charge in [0.15, 0.2) is 5.78 Å². The number of pyridine rings is 1. The molecule has 3 aliphatic rings. The predicted octanol–water partition coefficient (Wildman–Crippen LogP) is 2.71. The Morgan fingerprint density at radius 3 is 2.72 bits per heavy atom. The van der Waals surface area contributed by atoms with Gasteiger partial charge in [-0.05, 0) is 30.7 Å². The van der Waals surface area contributed by atoms with Crippen molar-refractivity contribution in [3.05, 3.63) is 40.3 Å². The Labute approximate surface area is 201 Å². The van der Waals surface area contributed by atoms with Crippen LogP contribution in [0.2, 0.25) is 0 Å². The summed E-state index contributed by atoms with van der Waals surface area (Å²) in [6.45, 7) is -3.06. The standard InChI is InChI=1S/C22H22F5N5O4/c23-20(24)36-18-2-1-11(7-29-18)14(33)9-32-16(22(25,26)27)3-4-31-19(34)6-17(30-21(31)32)28-8-15-13-5-12(13)10-35-15/h1-2,6-7,12-13,15-16,20,28H,3-5,8-10H2/t12-,13?,15+,16-/m0/s1. The summed E-state index contributed by atoms with van der Waals surface area (Å²) in [5.41, 5.74) is -0.656. The maximum absolute atomic E-state index is 13.9. The average molecular weight is 515 g/mol. The fourth-order valence-corrected chi connectivity index (χ4v) is 4.74. The number of nitrogens with one attached hydrogen (secondary N) is 1. The second-order valence-electron chi connectivity index (χ2n) is 9.00. The van der Waals surface area contributed by atoms with E-state index in [4.69, 9.17) is 4.74 Å². The van der Waals surface area contributed by atoms with E-state index in [1.54, 1.807) is 0 Å². The van der Waals surface area contributed by atoms with Crippen molar-refractivity contribution in [2.75, 3.05) is 29.9 Å². The van der Waals surface area contributed by atoms with Crippen molar-refractivity contribution in [1.29, 1.82) is 0 Å². The number of aromatic nitrogens is 3.